The van der Waals surface area contributed by atoms with Gasteiger partial charge in [-0.2, -0.15) is 0 Å². The van der Waals surface area contributed by atoms with Gasteiger partial charge in [-0.05, 0) is 43.2 Å². The summed E-state index contributed by atoms with van der Waals surface area (Å²) < 4.78 is 13.2. The van der Waals surface area contributed by atoms with Gasteiger partial charge in [-0.3, -0.25) is 4.79 Å². The number of carbonyl (C=O) groups excluding carboxylic acids is 1. The van der Waals surface area contributed by atoms with Crippen LogP contribution in [0.15, 0.2) is 48.5 Å². The zero-order chi connectivity index (χ0) is 16.8. The van der Waals surface area contributed by atoms with E-state index in [4.69, 9.17) is 0 Å². The van der Waals surface area contributed by atoms with Crippen LogP contribution in [0.25, 0.3) is 0 Å². The van der Waals surface area contributed by atoms with Gasteiger partial charge in [0.25, 0.3) is 5.91 Å². The highest BCUT2D eigenvalue weighted by Crippen LogP contribution is 2.10. The largest absolute Gasteiger partial charge is 0.324 e. The standard InChI is InChI=1S/C19H23FN2O/c1-4-15-8-10-18(11-9-15)21-19(23)14(2)22(3)13-16-6-5-7-17(20)12-16/h5-12,14H,4,13H2,1-3H3,(H,21,23)/p+1/t14-/m0/s1. The molecule has 2 aromatic rings. The average Bonchev–Trinajstić information content (AvgIpc) is 2.54. The van der Waals surface area contributed by atoms with Gasteiger partial charge in [0.1, 0.15) is 12.4 Å². The Morgan fingerprint density at radius 2 is 1.87 bits per heavy atom. The van der Waals surface area contributed by atoms with Gasteiger partial charge in [0.2, 0.25) is 0 Å². The Labute approximate surface area is 137 Å². The second-order valence-corrected chi connectivity index (χ2v) is 5.91. The quantitative estimate of drug-likeness (QED) is 0.843. The van der Waals surface area contributed by atoms with E-state index in [-0.39, 0.29) is 17.8 Å². The van der Waals surface area contributed by atoms with Gasteiger partial charge in [-0.1, -0.05) is 31.2 Å². The summed E-state index contributed by atoms with van der Waals surface area (Å²) in [7, 11) is 1.94. The zero-order valence-electron chi connectivity index (χ0n) is 13.9. The molecule has 0 radical (unpaired) electrons. The predicted octanol–water partition coefficient (Wildman–Crippen LogP) is 2.43. The molecule has 0 aliphatic heterocycles. The molecule has 0 aliphatic carbocycles. The molecule has 1 amide bonds. The van der Waals surface area contributed by atoms with Crippen molar-refractivity contribution in [1.82, 2.24) is 0 Å². The minimum atomic E-state index is -0.247. The van der Waals surface area contributed by atoms with Gasteiger partial charge in [0, 0.05) is 11.3 Å². The Balaban J connectivity index is 1.95. The molecule has 0 aromatic heterocycles. The minimum absolute atomic E-state index is 0.0387. The maximum absolute atomic E-state index is 13.2. The molecule has 0 heterocycles. The lowest BCUT2D eigenvalue weighted by atomic mass is 10.1. The van der Waals surface area contributed by atoms with Crippen LogP contribution >= 0.6 is 0 Å². The number of hydrogen-bond acceptors (Lipinski definition) is 1. The van der Waals surface area contributed by atoms with Crippen LogP contribution in [-0.4, -0.2) is 19.0 Å². The maximum atomic E-state index is 13.2. The van der Waals surface area contributed by atoms with Crippen LogP contribution in [0.1, 0.15) is 25.0 Å². The molecular weight excluding hydrogens is 291 g/mol. The third kappa shape index (κ3) is 4.89. The lowest BCUT2D eigenvalue weighted by Crippen LogP contribution is -3.12. The van der Waals surface area contributed by atoms with Crippen molar-refractivity contribution in [2.45, 2.75) is 32.9 Å². The summed E-state index contributed by atoms with van der Waals surface area (Å²) in [6.07, 6.45) is 0.977. The molecule has 2 N–H and O–H groups in total. The van der Waals surface area contributed by atoms with Gasteiger partial charge in [-0.15, -0.1) is 0 Å². The number of hydrogen-bond donors (Lipinski definition) is 2. The van der Waals surface area contributed by atoms with Crippen molar-refractivity contribution < 1.29 is 14.1 Å². The lowest BCUT2D eigenvalue weighted by molar-refractivity contribution is -0.907. The SMILES string of the molecule is CCc1ccc(NC(=O)[C@H](C)[NH+](C)Cc2cccc(F)c2)cc1. The number of nitrogens with one attached hydrogen (secondary N) is 2. The first-order valence-electron chi connectivity index (χ1n) is 7.96. The number of benzene rings is 2. The van der Waals surface area contributed by atoms with E-state index in [9.17, 15) is 9.18 Å². The molecule has 0 aliphatic rings. The van der Waals surface area contributed by atoms with Crippen molar-refractivity contribution in [3.63, 3.8) is 0 Å². The number of likely N-dealkylation sites (N-methyl/N-ethyl adjacent to an activating group) is 1. The number of anilines is 1. The van der Waals surface area contributed by atoms with Crippen molar-refractivity contribution in [3.05, 3.63) is 65.5 Å². The van der Waals surface area contributed by atoms with E-state index < -0.39 is 0 Å². The van der Waals surface area contributed by atoms with Crippen molar-refractivity contribution in [2.75, 3.05) is 12.4 Å². The fraction of sp³-hybridized carbons (Fsp3) is 0.316. The molecule has 122 valence electrons. The molecule has 0 saturated heterocycles. The van der Waals surface area contributed by atoms with E-state index in [1.54, 1.807) is 6.07 Å². The van der Waals surface area contributed by atoms with E-state index in [1.165, 1.54) is 17.7 Å². The summed E-state index contributed by atoms with van der Waals surface area (Å²) in [6.45, 7) is 4.58. The minimum Gasteiger partial charge on any atom is -0.324 e. The Kier molecular flexibility index (Phi) is 5.88. The van der Waals surface area contributed by atoms with Gasteiger partial charge >= 0.3 is 0 Å². The normalized spacial score (nSPS) is 13.4. The summed E-state index contributed by atoms with van der Waals surface area (Å²) in [4.78, 5) is 13.4. The Bertz CT molecular complexity index is 655. The number of quaternary nitrogens is 1. The monoisotopic (exact) mass is 315 g/mol. The average molecular weight is 315 g/mol. The summed E-state index contributed by atoms with van der Waals surface area (Å²) in [5.74, 6) is -0.286. The van der Waals surface area contributed by atoms with Crippen molar-refractivity contribution in [2.24, 2.45) is 0 Å². The van der Waals surface area contributed by atoms with Crippen LogP contribution in [0.5, 0.6) is 0 Å². The van der Waals surface area contributed by atoms with Crippen LogP contribution in [-0.2, 0) is 17.8 Å². The number of aryl methyl sites for hydroxylation is 1. The van der Waals surface area contributed by atoms with Gasteiger partial charge in [0.05, 0.1) is 7.05 Å². The summed E-state index contributed by atoms with van der Waals surface area (Å²) >= 11 is 0. The first-order valence-corrected chi connectivity index (χ1v) is 7.96. The fourth-order valence-electron chi connectivity index (χ4n) is 2.42. The van der Waals surface area contributed by atoms with Crippen molar-refractivity contribution in [3.8, 4) is 0 Å². The number of halogens is 1. The molecule has 2 atom stereocenters. The molecule has 4 heteroatoms. The van der Waals surface area contributed by atoms with Gasteiger partial charge < -0.3 is 10.2 Å². The van der Waals surface area contributed by atoms with Crippen LogP contribution in [0.4, 0.5) is 10.1 Å². The zero-order valence-corrected chi connectivity index (χ0v) is 13.9. The van der Waals surface area contributed by atoms with E-state index in [1.807, 2.05) is 44.3 Å². The second kappa shape index (κ2) is 7.88. The van der Waals surface area contributed by atoms with Gasteiger partial charge in [0.15, 0.2) is 6.04 Å². The van der Waals surface area contributed by atoms with Crippen LogP contribution in [0.2, 0.25) is 0 Å². The third-order valence-corrected chi connectivity index (χ3v) is 4.13. The van der Waals surface area contributed by atoms with Crippen LogP contribution in [0.3, 0.4) is 0 Å². The van der Waals surface area contributed by atoms with Crippen molar-refractivity contribution >= 4 is 11.6 Å². The van der Waals surface area contributed by atoms with Crippen LogP contribution < -0.4 is 10.2 Å². The molecule has 0 spiro atoms. The molecule has 2 rings (SSSR count). The number of rotatable bonds is 6. The lowest BCUT2D eigenvalue weighted by Gasteiger charge is -2.21. The molecule has 0 fully saturated rings. The predicted molar refractivity (Wildman–Crippen MR) is 90.9 cm³/mol. The fourth-order valence-corrected chi connectivity index (χ4v) is 2.42. The second-order valence-electron chi connectivity index (χ2n) is 5.91. The molecule has 0 saturated carbocycles. The van der Waals surface area contributed by atoms with Crippen molar-refractivity contribution in [1.29, 1.82) is 0 Å². The molecule has 1 unspecified atom stereocenters. The van der Waals surface area contributed by atoms with E-state index in [0.29, 0.717) is 6.54 Å². The maximum Gasteiger partial charge on any atom is 0.282 e. The number of amides is 1. The first-order chi connectivity index (χ1) is 11.0. The smallest absolute Gasteiger partial charge is 0.282 e. The highest BCUT2D eigenvalue weighted by Gasteiger charge is 2.22. The number of carbonyl (C=O) groups is 1. The highest BCUT2D eigenvalue weighted by atomic mass is 19.1. The molecule has 2 aromatic carbocycles. The summed E-state index contributed by atoms with van der Waals surface area (Å²) in [5, 5.41) is 2.94. The van der Waals surface area contributed by atoms with E-state index in [0.717, 1.165) is 22.6 Å². The third-order valence-electron chi connectivity index (χ3n) is 4.13. The summed E-state index contributed by atoms with van der Waals surface area (Å²) in [5.41, 5.74) is 2.93. The van der Waals surface area contributed by atoms with Crippen LogP contribution in [0, 0.1) is 5.82 Å². The highest BCUT2D eigenvalue weighted by molar-refractivity contribution is 5.93. The van der Waals surface area contributed by atoms with E-state index >= 15 is 0 Å². The molecule has 0 bridgehead atoms. The molecule has 3 nitrogen and oxygen atoms in total. The Morgan fingerprint density at radius 3 is 2.48 bits per heavy atom. The topological polar surface area (TPSA) is 33.5 Å². The molecule has 23 heavy (non-hydrogen) atoms. The van der Waals surface area contributed by atoms with Gasteiger partial charge in [-0.25, -0.2) is 4.39 Å². The first kappa shape index (κ1) is 17.2. The Morgan fingerprint density at radius 1 is 1.17 bits per heavy atom. The Hall–Kier alpha value is -2.20. The van der Waals surface area contributed by atoms with E-state index in [2.05, 4.69) is 12.2 Å². The summed E-state index contributed by atoms with van der Waals surface area (Å²) in [6, 6.07) is 14.2. The molecular formula is C19H24FN2O+.